The maximum Gasteiger partial charge on any atom is 0.244 e. The summed E-state index contributed by atoms with van der Waals surface area (Å²) in [7, 11) is 0. The summed E-state index contributed by atoms with van der Waals surface area (Å²) in [5.41, 5.74) is -2.14. The molecule has 1 N–H and O–H groups in total. The van der Waals surface area contributed by atoms with Gasteiger partial charge in [-0.2, -0.15) is 0 Å². The molecule has 140 valence electrons. The highest BCUT2D eigenvalue weighted by molar-refractivity contribution is 5.27. The lowest BCUT2D eigenvalue weighted by Crippen LogP contribution is -2.77. The molecule has 0 spiro atoms. The number of halogens is 2. The van der Waals surface area contributed by atoms with Crippen LogP contribution in [0.25, 0.3) is 0 Å². The quantitative estimate of drug-likeness (QED) is 0.695. The third kappa shape index (κ3) is 2.53. The first-order chi connectivity index (χ1) is 11.1. The summed E-state index contributed by atoms with van der Waals surface area (Å²) in [6.07, 6.45) is 1.08. The molecule has 2 atom stereocenters. The van der Waals surface area contributed by atoms with E-state index in [2.05, 4.69) is 13.8 Å². The molecule has 0 aromatic heterocycles. The van der Waals surface area contributed by atoms with Gasteiger partial charge in [0.25, 0.3) is 0 Å². The van der Waals surface area contributed by atoms with Crippen molar-refractivity contribution in [2.24, 2.45) is 22.2 Å². The number of alkyl halides is 2. The summed E-state index contributed by atoms with van der Waals surface area (Å²) in [5, 5.41) is 11.8. The highest BCUT2D eigenvalue weighted by atomic mass is 19.3. The Hall–Kier alpha value is -0.260. The van der Waals surface area contributed by atoms with Crippen LogP contribution < -0.4 is 0 Å². The van der Waals surface area contributed by atoms with E-state index in [1.807, 2.05) is 13.8 Å². The Bertz CT molecular complexity index is 453. The molecule has 0 aliphatic heterocycles. The van der Waals surface area contributed by atoms with E-state index >= 15 is 0 Å². The molecule has 3 nitrogen and oxygen atoms in total. The Balaban J connectivity index is 1.85. The van der Waals surface area contributed by atoms with Crippen LogP contribution in [-0.4, -0.2) is 36.6 Å². The van der Waals surface area contributed by atoms with Gasteiger partial charge in [-0.15, -0.1) is 0 Å². The summed E-state index contributed by atoms with van der Waals surface area (Å²) >= 11 is 0. The third-order valence-electron chi connectivity index (χ3n) is 6.94. The second-order valence-corrected chi connectivity index (χ2v) is 9.16. The van der Waals surface area contributed by atoms with Gasteiger partial charge in [0.05, 0.1) is 5.60 Å². The van der Waals surface area contributed by atoms with E-state index in [4.69, 9.17) is 9.47 Å². The van der Waals surface area contributed by atoms with Gasteiger partial charge in [-0.25, -0.2) is 8.78 Å². The highest BCUT2D eigenvalue weighted by Gasteiger charge is 2.80. The summed E-state index contributed by atoms with van der Waals surface area (Å²) in [4.78, 5) is 0. The molecule has 0 aromatic rings. The molecule has 2 bridgehead atoms. The number of rotatable bonds is 7. The van der Waals surface area contributed by atoms with Crippen molar-refractivity contribution in [3.63, 3.8) is 0 Å². The van der Waals surface area contributed by atoms with Gasteiger partial charge in [-0.05, 0) is 57.8 Å². The van der Waals surface area contributed by atoms with Gasteiger partial charge in [0.1, 0.15) is 0 Å². The first-order valence-electron chi connectivity index (χ1n) is 9.37. The molecule has 0 amide bonds. The predicted octanol–water partition coefficient (Wildman–Crippen LogP) is 4.38. The number of hydrogen-bond donors (Lipinski definition) is 1. The van der Waals surface area contributed by atoms with Crippen molar-refractivity contribution in [3.05, 3.63) is 0 Å². The van der Waals surface area contributed by atoms with Crippen molar-refractivity contribution in [1.29, 1.82) is 0 Å². The maximum absolute atomic E-state index is 13.3. The van der Waals surface area contributed by atoms with E-state index in [1.54, 1.807) is 0 Å². The van der Waals surface area contributed by atoms with Crippen LogP contribution in [-0.2, 0) is 9.47 Å². The highest BCUT2D eigenvalue weighted by Crippen LogP contribution is 2.81. The average Bonchev–Trinajstić information content (AvgIpc) is 2.33. The SMILES string of the molecule is CCOC(OCC)C1CCC(C)(C)CC1(O)C12CC(C(F)F)(C1)C2. The molecular formula is C19H32F2O3. The standard InChI is InChI=1S/C19H32F2O3/c1-5-23-14(24-6-2)13-7-8-16(3,4)9-19(13,22)18-10-17(11-18,12-18)15(20)21/h13-15,22H,5-12H2,1-4H3. The van der Waals surface area contributed by atoms with E-state index in [-0.39, 0.29) is 16.7 Å². The lowest BCUT2D eigenvalue weighted by Gasteiger charge is -2.77. The molecule has 4 rings (SSSR count). The van der Waals surface area contributed by atoms with Crippen LogP contribution in [0.3, 0.4) is 0 Å². The topological polar surface area (TPSA) is 38.7 Å². The number of ether oxygens (including phenoxy) is 2. The Morgan fingerprint density at radius 2 is 1.58 bits per heavy atom. The minimum absolute atomic E-state index is 0.0155. The molecule has 0 aromatic carbocycles. The van der Waals surface area contributed by atoms with Crippen LogP contribution in [0.1, 0.15) is 66.2 Å². The zero-order valence-electron chi connectivity index (χ0n) is 15.4. The van der Waals surface area contributed by atoms with Gasteiger partial charge < -0.3 is 14.6 Å². The predicted molar refractivity (Wildman–Crippen MR) is 87.8 cm³/mol. The largest absolute Gasteiger partial charge is 0.389 e. The molecule has 0 radical (unpaired) electrons. The van der Waals surface area contributed by atoms with Crippen molar-refractivity contribution in [2.75, 3.05) is 13.2 Å². The lowest BCUT2D eigenvalue weighted by atomic mass is 9.28. The van der Waals surface area contributed by atoms with Crippen LogP contribution in [0.4, 0.5) is 8.78 Å². The van der Waals surface area contributed by atoms with Gasteiger partial charge >= 0.3 is 0 Å². The van der Waals surface area contributed by atoms with Gasteiger partial charge in [0.15, 0.2) is 6.29 Å². The minimum Gasteiger partial charge on any atom is -0.389 e. The number of aliphatic hydroxyl groups is 1. The fourth-order valence-electron chi connectivity index (χ4n) is 5.84. The molecule has 0 saturated heterocycles. The first-order valence-corrected chi connectivity index (χ1v) is 9.37. The second-order valence-electron chi connectivity index (χ2n) is 9.16. The van der Waals surface area contributed by atoms with E-state index in [9.17, 15) is 13.9 Å². The van der Waals surface area contributed by atoms with Crippen LogP contribution in [0.15, 0.2) is 0 Å². The fourth-order valence-corrected chi connectivity index (χ4v) is 5.84. The molecule has 4 saturated carbocycles. The van der Waals surface area contributed by atoms with Crippen molar-refractivity contribution in [1.82, 2.24) is 0 Å². The third-order valence-corrected chi connectivity index (χ3v) is 6.94. The molecule has 4 aliphatic rings. The molecular weight excluding hydrogens is 314 g/mol. The molecule has 4 aliphatic carbocycles. The number of hydrogen-bond acceptors (Lipinski definition) is 3. The lowest BCUT2D eigenvalue weighted by molar-refractivity contribution is -0.372. The van der Waals surface area contributed by atoms with Crippen molar-refractivity contribution < 1.29 is 23.4 Å². The Kier molecular flexibility index (Phi) is 4.54. The van der Waals surface area contributed by atoms with Gasteiger partial charge in [0, 0.05) is 30.0 Å². The fraction of sp³-hybridized carbons (Fsp3) is 1.00. The monoisotopic (exact) mass is 346 g/mol. The molecule has 5 heteroatoms. The summed E-state index contributed by atoms with van der Waals surface area (Å²) in [6.45, 7) is 9.22. The zero-order valence-corrected chi connectivity index (χ0v) is 15.4. The van der Waals surface area contributed by atoms with Crippen molar-refractivity contribution in [2.45, 2.75) is 84.5 Å². The van der Waals surface area contributed by atoms with E-state index in [1.165, 1.54) is 0 Å². The maximum atomic E-state index is 13.3. The summed E-state index contributed by atoms with van der Waals surface area (Å²) in [6, 6.07) is 0. The van der Waals surface area contributed by atoms with Crippen LogP contribution >= 0.6 is 0 Å². The van der Waals surface area contributed by atoms with E-state index in [0.717, 1.165) is 12.8 Å². The second kappa shape index (κ2) is 5.88. The minimum atomic E-state index is -2.27. The first kappa shape index (κ1) is 18.5. The van der Waals surface area contributed by atoms with Crippen LogP contribution in [0, 0.1) is 22.2 Å². The molecule has 2 unspecified atom stereocenters. The summed E-state index contributed by atoms with van der Waals surface area (Å²) in [5.74, 6) is -0.138. The van der Waals surface area contributed by atoms with Crippen molar-refractivity contribution >= 4 is 0 Å². The van der Waals surface area contributed by atoms with Gasteiger partial charge in [-0.1, -0.05) is 13.8 Å². The van der Waals surface area contributed by atoms with Crippen molar-refractivity contribution in [3.8, 4) is 0 Å². The van der Waals surface area contributed by atoms with Crippen LogP contribution in [0.5, 0.6) is 0 Å². The van der Waals surface area contributed by atoms with E-state index in [0.29, 0.717) is 38.9 Å². The Morgan fingerprint density at radius 3 is 2.04 bits per heavy atom. The Labute approximate surface area is 144 Å². The normalized spacial score (nSPS) is 43.6. The van der Waals surface area contributed by atoms with Gasteiger partial charge in [-0.3, -0.25) is 0 Å². The zero-order chi connectivity index (χ0) is 17.8. The van der Waals surface area contributed by atoms with Crippen LogP contribution in [0.2, 0.25) is 0 Å². The summed E-state index contributed by atoms with van der Waals surface area (Å²) < 4.78 is 38.2. The smallest absolute Gasteiger partial charge is 0.244 e. The molecule has 4 fully saturated rings. The van der Waals surface area contributed by atoms with Gasteiger partial charge in [0.2, 0.25) is 6.43 Å². The van der Waals surface area contributed by atoms with E-state index < -0.39 is 23.7 Å². The Morgan fingerprint density at radius 1 is 1.04 bits per heavy atom. The molecule has 0 heterocycles. The average molecular weight is 346 g/mol. The molecule has 24 heavy (non-hydrogen) atoms.